The lowest BCUT2D eigenvalue weighted by Crippen LogP contribution is -2.10. The van der Waals surface area contributed by atoms with Gasteiger partial charge in [0.1, 0.15) is 11.2 Å². The number of anilines is 3. The van der Waals surface area contributed by atoms with Gasteiger partial charge in [-0.05, 0) is 75.8 Å². The monoisotopic (exact) mass is 669 g/mol. The zero-order valence-corrected chi connectivity index (χ0v) is 28.5. The summed E-state index contributed by atoms with van der Waals surface area (Å²) in [7, 11) is 0. The van der Waals surface area contributed by atoms with E-state index >= 15 is 0 Å². The highest BCUT2D eigenvalue weighted by atomic mass is 32.1. The number of thiophene rings is 1. The van der Waals surface area contributed by atoms with E-state index < -0.39 is 0 Å². The number of hydrogen-bond acceptors (Lipinski definition) is 3. The number of benzene rings is 8. The SMILES string of the molecule is c1ccc(-c2ccc(N(c3ccc(-c4ccccc4-c4ccccc4)cc3)c3cc4c5ccccc5oc4c4c3sc3ccccc34)cc2)cc1. The lowest BCUT2D eigenvalue weighted by molar-refractivity contribution is 0.673. The standard InChI is InChI=1S/C48H31NOS/c1-3-13-32(14-4-1)33-23-27-36(28-24-33)49(37-29-25-35(26-30-37)39-18-8-7-17-38(39)34-15-5-2-6-16-34)43-31-42-40-19-9-11-21-44(40)50-47(42)46-41-20-10-12-22-45(41)51-48(43)46/h1-31H. The van der Waals surface area contributed by atoms with Gasteiger partial charge in [0, 0.05) is 37.6 Å². The molecule has 10 rings (SSSR count). The molecule has 0 aliphatic rings. The van der Waals surface area contributed by atoms with Gasteiger partial charge in [0.15, 0.2) is 0 Å². The van der Waals surface area contributed by atoms with Crippen molar-refractivity contribution >= 4 is 70.5 Å². The molecule has 10 aromatic rings. The van der Waals surface area contributed by atoms with Crippen LogP contribution in [0.5, 0.6) is 0 Å². The largest absolute Gasteiger partial charge is 0.455 e. The molecule has 0 saturated heterocycles. The fourth-order valence-corrected chi connectivity index (χ4v) is 8.68. The van der Waals surface area contributed by atoms with Gasteiger partial charge in [-0.3, -0.25) is 0 Å². The van der Waals surface area contributed by atoms with E-state index in [1.165, 1.54) is 53.6 Å². The third kappa shape index (κ3) is 5.01. The highest BCUT2D eigenvalue weighted by Crippen LogP contribution is 2.50. The highest BCUT2D eigenvalue weighted by molar-refractivity contribution is 7.26. The number of para-hydroxylation sites is 1. The van der Waals surface area contributed by atoms with Crippen LogP contribution in [0.15, 0.2) is 192 Å². The van der Waals surface area contributed by atoms with Gasteiger partial charge in [-0.2, -0.15) is 0 Å². The lowest BCUT2D eigenvalue weighted by Gasteiger charge is -2.27. The number of hydrogen-bond donors (Lipinski definition) is 0. The molecule has 2 heterocycles. The first kappa shape index (κ1) is 29.5. The van der Waals surface area contributed by atoms with Gasteiger partial charge < -0.3 is 9.32 Å². The van der Waals surface area contributed by atoms with Crippen molar-refractivity contribution in [3.05, 3.63) is 188 Å². The molecule has 0 aliphatic heterocycles. The number of nitrogens with zero attached hydrogens (tertiary/aromatic N) is 1. The Balaban J connectivity index is 1.20. The summed E-state index contributed by atoms with van der Waals surface area (Å²) < 4.78 is 9.09. The molecule has 0 N–H and O–H groups in total. The Hall–Kier alpha value is -6.42. The summed E-state index contributed by atoms with van der Waals surface area (Å²) >= 11 is 1.83. The van der Waals surface area contributed by atoms with Crippen LogP contribution in [0.4, 0.5) is 17.1 Å². The molecule has 0 unspecified atom stereocenters. The molecule has 3 heteroatoms. The zero-order valence-electron chi connectivity index (χ0n) is 27.7. The van der Waals surface area contributed by atoms with Crippen molar-refractivity contribution in [1.29, 1.82) is 0 Å². The molecule has 240 valence electrons. The van der Waals surface area contributed by atoms with Crippen molar-refractivity contribution in [2.24, 2.45) is 0 Å². The zero-order chi connectivity index (χ0) is 33.7. The quantitative estimate of drug-likeness (QED) is 0.175. The van der Waals surface area contributed by atoms with Crippen LogP contribution in [0.25, 0.3) is 75.5 Å². The van der Waals surface area contributed by atoms with Crippen LogP contribution in [0.2, 0.25) is 0 Å². The fraction of sp³-hybridized carbons (Fsp3) is 0. The van der Waals surface area contributed by atoms with E-state index in [2.05, 4.69) is 187 Å². The molecule has 0 aliphatic carbocycles. The number of furan rings is 1. The van der Waals surface area contributed by atoms with E-state index in [-0.39, 0.29) is 0 Å². The highest BCUT2D eigenvalue weighted by Gasteiger charge is 2.23. The van der Waals surface area contributed by atoms with Crippen LogP contribution in [-0.2, 0) is 0 Å². The molecular weight excluding hydrogens is 639 g/mol. The first-order valence-corrected chi connectivity index (χ1v) is 18.1. The molecule has 0 amide bonds. The van der Waals surface area contributed by atoms with Gasteiger partial charge in [0.05, 0.1) is 10.4 Å². The summed E-state index contributed by atoms with van der Waals surface area (Å²) in [6.45, 7) is 0. The Morgan fingerprint density at radius 1 is 0.412 bits per heavy atom. The molecule has 0 saturated carbocycles. The van der Waals surface area contributed by atoms with Crippen molar-refractivity contribution < 1.29 is 4.42 Å². The minimum absolute atomic E-state index is 0.904. The minimum atomic E-state index is 0.904. The molecule has 0 atom stereocenters. The number of rotatable bonds is 6. The van der Waals surface area contributed by atoms with Gasteiger partial charge in [-0.25, -0.2) is 0 Å². The second-order valence-electron chi connectivity index (χ2n) is 12.9. The Labute approximate surface area is 300 Å². The summed E-state index contributed by atoms with van der Waals surface area (Å²) in [5.41, 5.74) is 12.4. The maximum Gasteiger partial charge on any atom is 0.144 e. The maximum atomic E-state index is 6.64. The molecule has 2 nitrogen and oxygen atoms in total. The van der Waals surface area contributed by atoms with Gasteiger partial charge in [0.25, 0.3) is 0 Å². The third-order valence-electron chi connectivity index (χ3n) is 9.89. The van der Waals surface area contributed by atoms with Gasteiger partial charge in [0.2, 0.25) is 0 Å². The molecule has 0 fully saturated rings. The molecule has 8 aromatic carbocycles. The lowest BCUT2D eigenvalue weighted by atomic mass is 9.94. The predicted octanol–water partition coefficient (Wildman–Crippen LogP) is 14.4. The molecule has 51 heavy (non-hydrogen) atoms. The summed E-state index contributed by atoms with van der Waals surface area (Å²) in [6.07, 6.45) is 0. The summed E-state index contributed by atoms with van der Waals surface area (Å²) in [5.74, 6) is 0. The van der Waals surface area contributed by atoms with Crippen LogP contribution < -0.4 is 4.90 Å². The number of fused-ring (bicyclic) bond motifs is 7. The molecule has 0 radical (unpaired) electrons. The fourth-order valence-electron chi connectivity index (χ4n) is 7.47. The first-order valence-electron chi connectivity index (χ1n) is 17.3. The van der Waals surface area contributed by atoms with E-state index in [1.54, 1.807) is 0 Å². The topological polar surface area (TPSA) is 16.4 Å². The van der Waals surface area contributed by atoms with E-state index in [9.17, 15) is 0 Å². The summed E-state index contributed by atoms with van der Waals surface area (Å²) in [4.78, 5) is 2.42. The van der Waals surface area contributed by atoms with Crippen molar-refractivity contribution in [2.45, 2.75) is 0 Å². The smallest absolute Gasteiger partial charge is 0.144 e. The second-order valence-corrected chi connectivity index (χ2v) is 13.9. The molecule has 0 bridgehead atoms. The van der Waals surface area contributed by atoms with E-state index in [4.69, 9.17) is 4.42 Å². The minimum Gasteiger partial charge on any atom is -0.455 e. The second kappa shape index (κ2) is 12.2. The van der Waals surface area contributed by atoms with Crippen LogP contribution in [0.1, 0.15) is 0 Å². The van der Waals surface area contributed by atoms with Crippen LogP contribution in [-0.4, -0.2) is 0 Å². The molecule has 0 spiro atoms. The Morgan fingerprint density at radius 3 is 1.61 bits per heavy atom. The third-order valence-corrected chi connectivity index (χ3v) is 11.1. The summed E-state index contributed by atoms with van der Waals surface area (Å²) in [5, 5.41) is 4.63. The molecule has 2 aromatic heterocycles. The van der Waals surface area contributed by atoms with Gasteiger partial charge in [-0.1, -0.05) is 146 Å². The van der Waals surface area contributed by atoms with Crippen LogP contribution in [0.3, 0.4) is 0 Å². The predicted molar refractivity (Wildman–Crippen MR) is 218 cm³/mol. The maximum absolute atomic E-state index is 6.64. The Bertz CT molecular complexity index is 2830. The van der Waals surface area contributed by atoms with Crippen molar-refractivity contribution in [1.82, 2.24) is 0 Å². The first-order chi connectivity index (χ1) is 25.3. The van der Waals surface area contributed by atoms with Crippen LogP contribution >= 0.6 is 11.3 Å². The van der Waals surface area contributed by atoms with E-state index in [0.29, 0.717) is 0 Å². The van der Waals surface area contributed by atoms with Crippen LogP contribution in [0, 0.1) is 0 Å². The van der Waals surface area contributed by atoms with E-state index in [0.717, 1.165) is 39.0 Å². The Morgan fingerprint density at radius 2 is 0.922 bits per heavy atom. The van der Waals surface area contributed by atoms with Crippen molar-refractivity contribution in [3.8, 4) is 33.4 Å². The average Bonchev–Trinajstić information content (AvgIpc) is 3.78. The average molecular weight is 670 g/mol. The van der Waals surface area contributed by atoms with Gasteiger partial charge >= 0.3 is 0 Å². The normalized spacial score (nSPS) is 11.5. The van der Waals surface area contributed by atoms with Crippen molar-refractivity contribution in [2.75, 3.05) is 4.90 Å². The van der Waals surface area contributed by atoms with E-state index in [1.807, 2.05) is 17.4 Å². The molecular formula is C48H31NOS. The van der Waals surface area contributed by atoms with Crippen molar-refractivity contribution in [3.63, 3.8) is 0 Å². The van der Waals surface area contributed by atoms with Gasteiger partial charge in [-0.15, -0.1) is 11.3 Å². The summed E-state index contributed by atoms with van der Waals surface area (Å²) in [6, 6.07) is 67.3. The Kier molecular flexibility index (Phi) is 7.04.